The lowest BCUT2D eigenvalue weighted by Gasteiger charge is -2.26. The van der Waals surface area contributed by atoms with Gasteiger partial charge in [-0.2, -0.15) is 18.3 Å². The van der Waals surface area contributed by atoms with Gasteiger partial charge >= 0.3 is 6.18 Å². The molecule has 1 unspecified atom stereocenters. The van der Waals surface area contributed by atoms with E-state index >= 15 is 0 Å². The zero-order valence-corrected chi connectivity index (χ0v) is 21.6. The molecule has 10 heteroatoms. The van der Waals surface area contributed by atoms with Gasteiger partial charge in [-0.1, -0.05) is 6.07 Å². The van der Waals surface area contributed by atoms with Crippen LogP contribution in [0.4, 0.5) is 17.6 Å². The van der Waals surface area contributed by atoms with E-state index in [0.29, 0.717) is 24.5 Å². The minimum Gasteiger partial charge on any atom is -0.496 e. The third-order valence-corrected chi connectivity index (χ3v) is 5.38. The number of hydrogen-bond acceptors (Lipinski definition) is 5. The van der Waals surface area contributed by atoms with Gasteiger partial charge < -0.3 is 14.6 Å². The lowest BCUT2D eigenvalue weighted by Crippen LogP contribution is -2.41. The van der Waals surface area contributed by atoms with E-state index in [2.05, 4.69) is 5.10 Å². The molecule has 0 saturated carbocycles. The number of rotatable bonds is 9. The highest BCUT2D eigenvalue weighted by Crippen LogP contribution is 2.33. The third-order valence-electron chi connectivity index (χ3n) is 5.38. The SMILES string of the molecule is CC(C)F.CCOc1ccc2c(-c3cc(CCN(CC(F)(F)F)C(C)O)c(C)c(OC)c3)cnn2c1. The van der Waals surface area contributed by atoms with Crippen molar-refractivity contribution in [3.8, 4) is 22.6 Å². The first-order chi connectivity index (χ1) is 16.9. The van der Waals surface area contributed by atoms with E-state index in [-0.39, 0.29) is 6.54 Å². The average molecular weight is 514 g/mol. The molecule has 2 aromatic heterocycles. The van der Waals surface area contributed by atoms with Gasteiger partial charge in [0.15, 0.2) is 0 Å². The Hall–Kier alpha value is -2.85. The standard InChI is InChI=1S/C23H28F3N3O3.C3H7F/c1-5-32-19-6-7-21-20(12-27-29(21)13-19)18-10-17(15(2)22(11-18)31-4)8-9-28(16(3)30)14-23(24,25)26;1-3(2)4/h6-7,10-13,16,30H,5,8-9,14H2,1-4H3;3H,1-2H3. The van der Waals surface area contributed by atoms with Gasteiger partial charge in [-0.05, 0) is 75.9 Å². The van der Waals surface area contributed by atoms with E-state index in [1.54, 1.807) is 24.0 Å². The summed E-state index contributed by atoms with van der Waals surface area (Å²) in [5, 5.41) is 14.2. The highest BCUT2D eigenvalue weighted by Gasteiger charge is 2.32. The maximum atomic E-state index is 12.9. The Morgan fingerprint density at radius 1 is 1.17 bits per heavy atom. The van der Waals surface area contributed by atoms with Crippen molar-refractivity contribution in [2.75, 3.05) is 26.8 Å². The van der Waals surface area contributed by atoms with Crippen molar-refractivity contribution in [3.63, 3.8) is 0 Å². The van der Waals surface area contributed by atoms with E-state index in [0.717, 1.165) is 32.7 Å². The number of halogens is 4. The molecule has 0 aliphatic rings. The summed E-state index contributed by atoms with van der Waals surface area (Å²) in [6.45, 7) is 7.56. The highest BCUT2D eigenvalue weighted by atomic mass is 19.4. The van der Waals surface area contributed by atoms with Crippen molar-refractivity contribution in [2.45, 2.75) is 59.6 Å². The summed E-state index contributed by atoms with van der Waals surface area (Å²) >= 11 is 0. The van der Waals surface area contributed by atoms with Crippen LogP contribution in [0.25, 0.3) is 16.6 Å². The molecule has 0 fully saturated rings. The first-order valence-corrected chi connectivity index (χ1v) is 11.8. The second kappa shape index (κ2) is 12.9. The molecule has 200 valence electrons. The minimum absolute atomic E-state index is 0.0527. The monoisotopic (exact) mass is 513 g/mol. The molecule has 3 aromatic rings. The Morgan fingerprint density at radius 3 is 2.39 bits per heavy atom. The first kappa shape index (κ1) is 29.4. The van der Waals surface area contributed by atoms with Gasteiger partial charge in [-0.15, -0.1) is 0 Å². The quantitative estimate of drug-likeness (QED) is 0.288. The molecule has 6 nitrogen and oxygen atoms in total. The molecule has 2 heterocycles. The molecule has 1 atom stereocenters. The Balaban J connectivity index is 0.00000106. The second-order valence-electron chi connectivity index (χ2n) is 8.63. The Bertz CT molecular complexity index is 1110. The zero-order valence-electron chi connectivity index (χ0n) is 21.6. The summed E-state index contributed by atoms with van der Waals surface area (Å²) in [7, 11) is 1.56. The maximum Gasteiger partial charge on any atom is 0.401 e. The Labute approximate surface area is 209 Å². The number of alkyl halides is 4. The van der Waals surface area contributed by atoms with Crippen LogP contribution in [0.3, 0.4) is 0 Å². The number of pyridine rings is 1. The van der Waals surface area contributed by atoms with Gasteiger partial charge in [0.05, 0.1) is 44.3 Å². The number of benzene rings is 1. The predicted molar refractivity (Wildman–Crippen MR) is 132 cm³/mol. The van der Waals surface area contributed by atoms with Gasteiger partial charge in [-0.3, -0.25) is 4.90 Å². The first-order valence-electron chi connectivity index (χ1n) is 11.8. The number of methoxy groups -OCH3 is 1. The fraction of sp³-hybridized carbons (Fsp3) is 0.500. The molecule has 0 aliphatic heterocycles. The molecule has 1 N–H and O–H groups in total. The fourth-order valence-electron chi connectivity index (χ4n) is 3.70. The van der Waals surface area contributed by atoms with E-state index < -0.39 is 25.1 Å². The fourth-order valence-corrected chi connectivity index (χ4v) is 3.70. The van der Waals surface area contributed by atoms with Crippen molar-refractivity contribution in [2.24, 2.45) is 0 Å². The topological polar surface area (TPSA) is 59.2 Å². The third kappa shape index (κ3) is 8.37. The average Bonchev–Trinajstić information content (AvgIpc) is 3.19. The largest absolute Gasteiger partial charge is 0.496 e. The molecule has 1 aromatic carbocycles. The van der Waals surface area contributed by atoms with Gasteiger partial charge in [0, 0.05) is 12.1 Å². The molecule has 36 heavy (non-hydrogen) atoms. The molecule has 0 radical (unpaired) electrons. The van der Waals surface area contributed by atoms with Crippen LogP contribution in [0, 0.1) is 6.92 Å². The van der Waals surface area contributed by atoms with Crippen LogP contribution in [-0.2, 0) is 6.42 Å². The number of aliphatic hydroxyl groups excluding tert-OH is 1. The van der Waals surface area contributed by atoms with Crippen molar-refractivity contribution in [3.05, 3.63) is 47.8 Å². The van der Waals surface area contributed by atoms with Crippen molar-refractivity contribution in [1.29, 1.82) is 0 Å². The van der Waals surface area contributed by atoms with Gasteiger partial charge in [-0.25, -0.2) is 8.91 Å². The summed E-state index contributed by atoms with van der Waals surface area (Å²) in [4.78, 5) is 1.00. The molecule has 0 saturated heterocycles. The number of ether oxygens (including phenoxy) is 2. The Morgan fingerprint density at radius 2 is 1.83 bits per heavy atom. The van der Waals surface area contributed by atoms with E-state index in [9.17, 15) is 22.7 Å². The van der Waals surface area contributed by atoms with Crippen LogP contribution in [0.15, 0.2) is 36.7 Å². The van der Waals surface area contributed by atoms with Crippen LogP contribution < -0.4 is 9.47 Å². The van der Waals surface area contributed by atoms with Crippen LogP contribution in [-0.4, -0.2) is 65.0 Å². The number of fused-ring (bicyclic) bond motifs is 1. The lowest BCUT2D eigenvalue weighted by atomic mass is 9.97. The smallest absolute Gasteiger partial charge is 0.401 e. The number of aliphatic hydroxyl groups is 1. The number of aromatic nitrogens is 2. The highest BCUT2D eigenvalue weighted by molar-refractivity contribution is 5.81. The molecule has 3 rings (SSSR count). The molecule has 0 amide bonds. The number of nitrogens with zero attached hydrogens (tertiary/aromatic N) is 3. The van der Waals surface area contributed by atoms with Crippen LogP contribution in [0.5, 0.6) is 11.5 Å². The lowest BCUT2D eigenvalue weighted by molar-refractivity contribution is -0.164. The summed E-state index contributed by atoms with van der Waals surface area (Å²) in [6, 6.07) is 7.62. The van der Waals surface area contributed by atoms with Gasteiger partial charge in [0.1, 0.15) is 17.7 Å². The summed E-state index contributed by atoms with van der Waals surface area (Å²) < 4.78 is 62.4. The number of hydrogen-bond donors (Lipinski definition) is 1. The van der Waals surface area contributed by atoms with Crippen molar-refractivity contribution in [1.82, 2.24) is 14.5 Å². The summed E-state index contributed by atoms with van der Waals surface area (Å²) in [6.07, 6.45) is -2.40. The predicted octanol–water partition coefficient (Wildman–Crippen LogP) is 5.83. The van der Waals surface area contributed by atoms with E-state index in [1.165, 1.54) is 20.8 Å². The molecule has 0 aliphatic carbocycles. The van der Waals surface area contributed by atoms with Crippen LogP contribution in [0.1, 0.15) is 38.8 Å². The second-order valence-corrected chi connectivity index (χ2v) is 8.63. The molecule has 0 spiro atoms. The van der Waals surface area contributed by atoms with E-state index in [1.807, 2.05) is 38.1 Å². The van der Waals surface area contributed by atoms with Gasteiger partial charge in [0.2, 0.25) is 0 Å². The zero-order chi connectivity index (χ0) is 27.0. The molecule has 0 bridgehead atoms. The summed E-state index contributed by atoms with van der Waals surface area (Å²) in [5.74, 6) is 1.35. The van der Waals surface area contributed by atoms with Crippen LogP contribution in [0.2, 0.25) is 0 Å². The van der Waals surface area contributed by atoms with Crippen molar-refractivity contribution < 1.29 is 32.1 Å². The maximum absolute atomic E-state index is 12.9. The van der Waals surface area contributed by atoms with Crippen LogP contribution >= 0.6 is 0 Å². The van der Waals surface area contributed by atoms with E-state index in [4.69, 9.17) is 9.47 Å². The minimum atomic E-state index is -4.39. The van der Waals surface area contributed by atoms with Crippen molar-refractivity contribution >= 4 is 5.52 Å². The molecular formula is C26H35F4N3O3. The summed E-state index contributed by atoms with van der Waals surface area (Å²) in [5.41, 5.74) is 4.28. The molecular weight excluding hydrogens is 478 g/mol. The van der Waals surface area contributed by atoms with Gasteiger partial charge in [0.25, 0.3) is 0 Å². The normalized spacial score (nSPS) is 12.6. The Kier molecular flexibility index (Phi) is 10.5.